The Morgan fingerprint density at radius 3 is 2.14 bits per heavy atom. The fourth-order valence-electron chi connectivity index (χ4n) is 6.69. The minimum Gasteiger partial charge on any atom is -0.660 e. The van der Waals surface area contributed by atoms with Crippen LogP contribution in [0.5, 0.6) is 0 Å². The van der Waals surface area contributed by atoms with Gasteiger partial charge < -0.3 is 25.8 Å². The Labute approximate surface area is 172 Å². The van der Waals surface area contributed by atoms with E-state index in [1.54, 1.807) is 0 Å². The van der Waals surface area contributed by atoms with Gasteiger partial charge in [0.2, 0.25) is 0 Å². The van der Waals surface area contributed by atoms with Crippen LogP contribution in [-0.2, 0) is 4.74 Å². The number of likely N-dealkylation sites (N-methyl/N-ethyl adjacent to an activating group) is 2. The van der Waals surface area contributed by atoms with Gasteiger partial charge in [0.05, 0.1) is 5.60 Å². The molecule has 164 valence electrons. The van der Waals surface area contributed by atoms with Crippen molar-refractivity contribution in [1.29, 1.82) is 0 Å². The van der Waals surface area contributed by atoms with Gasteiger partial charge in [0, 0.05) is 11.7 Å². The predicted molar refractivity (Wildman–Crippen MR) is 116 cm³/mol. The van der Waals surface area contributed by atoms with Gasteiger partial charge >= 0.3 is 0 Å². The fourth-order valence-corrected chi connectivity index (χ4v) is 6.69. The lowest BCUT2D eigenvalue weighted by Gasteiger charge is -2.67. The summed E-state index contributed by atoms with van der Waals surface area (Å²) < 4.78 is 6.81. The summed E-state index contributed by atoms with van der Waals surface area (Å²) >= 11 is 0. The maximum absolute atomic E-state index is 11.2. The lowest BCUT2D eigenvalue weighted by molar-refractivity contribution is -0.149. The molecule has 0 aromatic rings. The first kappa shape index (κ1) is 22.5. The molecular formula is C23H42N3O2-3. The van der Waals surface area contributed by atoms with E-state index >= 15 is 0 Å². The number of fused-ring (bicyclic) bond motifs is 1. The van der Waals surface area contributed by atoms with Crippen LogP contribution in [0.2, 0.25) is 0 Å². The summed E-state index contributed by atoms with van der Waals surface area (Å²) in [6.07, 6.45) is 6.27. The second kappa shape index (κ2) is 7.49. The molecular weight excluding hydrogens is 350 g/mol. The minimum absolute atomic E-state index is 0.0208. The highest BCUT2D eigenvalue weighted by Gasteiger charge is 2.56. The van der Waals surface area contributed by atoms with Gasteiger partial charge in [-0.3, -0.25) is 0 Å². The summed E-state index contributed by atoms with van der Waals surface area (Å²) in [6, 6.07) is -0.0547. The molecule has 3 aliphatic rings. The van der Waals surface area contributed by atoms with E-state index in [2.05, 4.69) is 33.0 Å². The van der Waals surface area contributed by atoms with Crippen LogP contribution in [0.3, 0.4) is 0 Å². The lowest BCUT2D eigenvalue weighted by Crippen LogP contribution is -2.62. The SMILES string of the molecule is C[N-]C1C2C(CCC1(C)O)C(C)([N-]C)CCC2C1(C)CCC(C(C)(C)[N-]C)O1. The van der Waals surface area contributed by atoms with Crippen molar-refractivity contribution in [2.24, 2.45) is 17.8 Å². The van der Waals surface area contributed by atoms with Crippen molar-refractivity contribution in [3.8, 4) is 0 Å². The Kier molecular flexibility index (Phi) is 6.02. The van der Waals surface area contributed by atoms with E-state index < -0.39 is 5.60 Å². The van der Waals surface area contributed by atoms with Gasteiger partial charge in [-0.2, -0.15) is 21.1 Å². The maximum Gasteiger partial charge on any atom is 0.0688 e. The van der Waals surface area contributed by atoms with Crippen molar-refractivity contribution in [3.63, 3.8) is 0 Å². The second-order valence-electron chi connectivity index (χ2n) is 10.8. The molecule has 0 spiro atoms. The highest BCUT2D eigenvalue weighted by molar-refractivity contribution is 5.22. The first-order valence-corrected chi connectivity index (χ1v) is 11.2. The Bertz CT molecular complexity index is 566. The molecule has 3 fully saturated rings. The predicted octanol–water partition coefficient (Wildman–Crippen LogP) is 5.03. The monoisotopic (exact) mass is 392 g/mol. The van der Waals surface area contributed by atoms with Crippen LogP contribution in [0.15, 0.2) is 0 Å². The van der Waals surface area contributed by atoms with E-state index in [1.807, 2.05) is 28.1 Å². The van der Waals surface area contributed by atoms with Crippen molar-refractivity contribution < 1.29 is 9.84 Å². The third kappa shape index (κ3) is 3.56. The van der Waals surface area contributed by atoms with Crippen molar-refractivity contribution in [3.05, 3.63) is 16.0 Å². The highest BCUT2D eigenvalue weighted by atomic mass is 16.5. The van der Waals surface area contributed by atoms with Gasteiger partial charge in [-0.15, -0.1) is 17.1 Å². The third-order valence-electron chi connectivity index (χ3n) is 8.90. The number of hydrogen-bond donors (Lipinski definition) is 1. The van der Waals surface area contributed by atoms with Crippen LogP contribution < -0.4 is 0 Å². The molecule has 2 saturated carbocycles. The molecule has 0 aromatic heterocycles. The standard InChI is InChI=1S/C23H42N3O2/c1-20(2,25-7)17-11-14-23(5,28-17)16-9-12-21(3,26-8)15-10-13-22(4,27)19(24-6)18(15)16/h15-19,27H,9-14H2,1-8H3/q-3. The van der Waals surface area contributed by atoms with E-state index in [-0.39, 0.29) is 28.8 Å². The molecule has 28 heavy (non-hydrogen) atoms. The molecule has 0 aromatic carbocycles. The minimum atomic E-state index is -0.744. The average Bonchev–Trinajstić information content (AvgIpc) is 3.05. The Balaban J connectivity index is 1.94. The van der Waals surface area contributed by atoms with Crippen LogP contribution in [-0.4, -0.2) is 60.7 Å². The van der Waals surface area contributed by atoms with Crippen LogP contribution in [0.4, 0.5) is 0 Å². The van der Waals surface area contributed by atoms with Crippen molar-refractivity contribution in [2.75, 3.05) is 21.1 Å². The summed E-state index contributed by atoms with van der Waals surface area (Å²) in [5.74, 6) is 1.15. The largest absolute Gasteiger partial charge is 0.660 e. The summed E-state index contributed by atoms with van der Waals surface area (Å²) in [5.41, 5.74) is -1.10. The van der Waals surface area contributed by atoms with Gasteiger partial charge in [-0.1, -0.05) is 33.1 Å². The third-order valence-corrected chi connectivity index (χ3v) is 8.90. The number of nitrogens with zero attached hydrogens (tertiary/aromatic N) is 3. The summed E-state index contributed by atoms with van der Waals surface area (Å²) in [5, 5.41) is 25.4. The molecule has 8 unspecified atom stereocenters. The fraction of sp³-hybridized carbons (Fsp3) is 1.00. The summed E-state index contributed by atoms with van der Waals surface area (Å²) in [7, 11) is 5.75. The molecule has 1 heterocycles. The van der Waals surface area contributed by atoms with E-state index in [9.17, 15) is 5.11 Å². The molecule has 5 heteroatoms. The first-order valence-electron chi connectivity index (χ1n) is 11.2. The average molecular weight is 393 g/mol. The van der Waals surface area contributed by atoms with Gasteiger partial charge in [0.1, 0.15) is 0 Å². The van der Waals surface area contributed by atoms with Crippen molar-refractivity contribution in [1.82, 2.24) is 0 Å². The van der Waals surface area contributed by atoms with Gasteiger partial charge in [-0.25, -0.2) is 0 Å². The number of rotatable bonds is 5. The Morgan fingerprint density at radius 2 is 1.57 bits per heavy atom. The van der Waals surface area contributed by atoms with Crippen LogP contribution in [0.1, 0.15) is 73.1 Å². The molecule has 0 radical (unpaired) electrons. The second-order valence-corrected chi connectivity index (χ2v) is 10.8. The smallest absolute Gasteiger partial charge is 0.0688 e. The van der Waals surface area contributed by atoms with Gasteiger partial charge in [-0.05, 0) is 57.8 Å². The van der Waals surface area contributed by atoms with Crippen LogP contribution in [0, 0.1) is 17.8 Å². The number of hydrogen-bond acceptors (Lipinski definition) is 2. The maximum atomic E-state index is 11.2. The summed E-state index contributed by atoms with van der Waals surface area (Å²) in [6.45, 7) is 11.0. The molecule has 3 rings (SSSR count). The van der Waals surface area contributed by atoms with E-state index in [4.69, 9.17) is 15.4 Å². The zero-order valence-electron chi connectivity index (χ0n) is 19.3. The molecule has 1 N–H and O–H groups in total. The van der Waals surface area contributed by atoms with Crippen molar-refractivity contribution >= 4 is 0 Å². The number of ether oxygens (including phenoxy) is 1. The first-order chi connectivity index (χ1) is 12.9. The molecule has 0 amide bonds. The zero-order valence-corrected chi connectivity index (χ0v) is 19.3. The topological polar surface area (TPSA) is 71.8 Å². The highest BCUT2D eigenvalue weighted by Crippen LogP contribution is 2.59. The number of aliphatic hydroxyl groups is 1. The Morgan fingerprint density at radius 1 is 0.929 bits per heavy atom. The molecule has 5 nitrogen and oxygen atoms in total. The van der Waals surface area contributed by atoms with Crippen LogP contribution in [0.25, 0.3) is 16.0 Å². The zero-order chi connectivity index (χ0) is 21.0. The summed E-state index contributed by atoms with van der Waals surface area (Å²) in [4.78, 5) is 0. The molecule has 8 atom stereocenters. The normalized spacial score (nSPS) is 49.8. The molecule has 0 bridgehead atoms. The Hall–Kier alpha value is -0.200. The quantitative estimate of drug-likeness (QED) is 0.713. The van der Waals surface area contributed by atoms with E-state index in [0.717, 1.165) is 38.5 Å². The van der Waals surface area contributed by atoms with E-state index in [1.165, 1.54) is 0 Å². The van der Waals surface area contributed by atoms with E-state index in [0.29, 0.717) is 17.8 Å². The van der Waals surface area contributed by atoms with Crippen LogP contribution >= 0.6 is 0 Å². The van der Waals surface area contributed by atoms with Crippen molar-refractivity contribution in [2.45, 2.75) is 108 Å². The van der Waals surface area contributed by atoms with Gasteiger partial charge in [0.25, 0.3) is 0 Å². The molecule has 2 aliphatic carbocycles. The van der Waals surface area contributed by atoms with Gasteiger partial charge in [0.15, 0.2) is 0 Å². The molecule has 1 aliphatic heterocycles. The molecule has 1 saturated heterocycles. The lowest BCUT2D eigenvalue weighted by atomic mass is 9.51.